The molecule has 0 atom stereocenters. The fourth-order valence-electron chi connectivity index (χ4n) is 2.79. The molecule has 1 N–H and O–H groups in total. The zero-order valence-corrected chi connectivity index (χ0v) is 16.3. The van der Waals surface area contributed by atoms with Crippen molar-refractivity contribution in [1.29, 1.82) is 0 Å². The van der Waals surface area contributed by atoms with Gasteiger partial charge in [-0.1, -0.05) is 18.2 Å². The van der Waals surface area contributed by atoms with E-state index < -0.39 is 17.6 Å². The highest BCUT2D eigenvalue weighted by Gasteiger charge is 2.30. The molecule has 30 heavy (non-hydrogen) atoms. The molecule has 0 aliphatic carbocycles. The minimum absolute atomic E-state index is 0.214. The second-order valence-electron chi connectivity index (χ2n) is 6.69. The van der Waals surface area contributed by atoms with E-state index in [4.69, 9.17) is 9.15 Å². The zero-order chi connectivity index (χ0) is 21.7. The standard InChI is InChI=1S/C22H19F3N2O3/c1-14-8-15(2)10-19(9-14)29-13-21(28)27-26-12-18-6-7-20(30-18)16-4-3-5-17(11-16)22(23,24)25/h3-12H,13H2,1-2H3,(H,27,28). The molecule has 3 aromatic rings. The Morgan fingerprint density at radius 3 is 2.53 bits per heavy atom. The fraction of sp³-hybridized carbons (Fsp3) is 0.182. The van der Waals surface area contributed by atoms with Crippen LogP contribution in [-0.4, -0.2) is 18.7 Å². The van der Waals surface area contributed by atoms with Gasteiger partial charge in [0.25, 0.3) is 5.91 Å². The highest BCUT2D eigenvalue weighted by Crippen LogP contribution is 2.32. The largest absolute Gasteiger partial charge is 0.484 e. The summed E-state index contributed by atoms with van der Waals surface area (Å²) in [6.07, 6.45) is -3.18. The Balaban J connectivity index is 1.56. The van der Waals surface area contributed by atoms with Gasteiger partial charge in [-0.05, 0) is 61.4 Å². The first-order valence-corrected chi connectivity index (χ1v) is 9.01. The lowest BCUT2D eigenvalue weighted by Crippen LogP contribution is -2.24. The van der Waals surface area contributed by atoms with Gasteiger partial charge in [-0.25, -0.2) is 5.43 Å². The van der Waals surface area contributed by atoms with Crippen LogP contribution in [0.25, 0.3) is 11.3 Å². The summed E-state index contributed by atoms with van der Waals surface area (Å²) in [4.78, 5) is 11.8. The number of benzene rings is 2. The molecule has 0 saturated carbocycles. The number of halogens is 3. The van der Waals surface area contributed by atoms with Crippen LogP contribution in [-0.2, 0) is 11.0 Å². The van der Waals surface area contributed by atoms with Crippen LogP contribution in [0.15, 0.2) is 64.1 Å². The maximum atomic E-state index is 12.8. The van der Waals surface area contributed by atoms with E-state index >= 15 is 0 Å². The normalized spacial score (nSPS) is 11.6. The van der Waals surface area contributed by atoms with Gasteiger partial charge in [0.05, 0.1) is 11.8 Å². The summed E-state index contributed by atoms with van der Waals surface area (Å²) >= 11 is 0. The molecule has 5 nitrogen and oxygen atoms in total. The van der Waals surface area contributed by atoms with Crippen LogP contribution in [0.1, 0.15) is 22.5 Å². The number of aryl methyl sites for hydroxylation is 2. The Bertz CT molecular complexity index is 1050. The molecule has 1 heterocycles. The smallest absolute Gasteiger partial charge is 0.416 e. The molecule has 0 radical (unpaired) electrons. The summed E-state index contributed by atoms with van der Waals surface area (Å²) in [6, 6.07) is 13.5. The van der Waals surface area contributed by atoms with Crippen LogP contribution in [0, 0.1) is 13.8 Å². The maximum Gasteiger partial charge on any atom is 0.416 e. The topological polar surface area (TPSA) is 63.8 Å². The predicted octanol–water partition coefficient (Wildman–Crippen LogP) is 5.11. The van der Waals surface area contributed by atoms with Crippen LogP contribution < -0.4 is 10.2 Å². The van der Waals surface area contributed by atoms with E-state index in [1.807, 2.05) is 32.0 Å². The summed E-state index contributed by atoms with van der Waals surface area (Å²) in [5.41, 5.74) is 3.88. The number of hydrogen-bond acceptors (Lipinski definition) is 4. The molecule has 156 valence electrons. The van der Waals surface area contributed by atoms with Crippen molar-refractivity contribution in [3.63, 3.8) is 0 Å². The van der Waals surface area contributed by atoms with E-state index in [0.717, 1.165) is 23.3 Å². The molecule has 0 spiro atoms. The van der Waals surface area contributed by atoms with Gasteiger partial charge in [-0.3, -0.25) is 4.79 Å². The SMILES string of the molecule is Cc1cc(C)cc(OCC(=O)NN=Cc2ccc(-c3cccc(C(F)(F)F)c3)o2)c1. The van der Waals surface area contributed by atoms with Crippen LogP contribution in [0.3, 0.4) is 0 Å². The van der Waals surface area contributed by atoms with Gasteiger partial charge in [0.15, 0.2) is 6.61 Å². The first-order chi connectivity index (χ1) is 14.2. The van der Waals surface area contributed by atoms with Gasteiger partial charge in [-0.15, -0.1) is 0 Å². The number of hydrogen-bond donors (Lipinski definition) is 1. The predicted molar refractivity (Wildman–Crippen MR) is 106 cm³/mol. The van der Waals surface area contributed by atoms with Crippen LogP contribution >= 0.6 is 0 Å². The van der Waals surface area contributed by atoms with E-state index in [0.29, 0.717) is 5.75 Å². The number of nitrogens with zero attached hydrogens (tertiary/aromatic N) is 1. The Morgan fingerprint density at radius 1 is 1.10 bits per heavy atom. The molecular weight excluding hydrogens is 397 g/mol. The van der Waals surface area contributed by atoms with Crippen molar-refractivity contribution in [2.45, 2.75) is 20.0 Å². The number of furan rings is 1. The Kier molecular flexibility index (Phi) is 6.25. The number of carbonyl (C=O) groups excluding carboxylic acids is 1. The average molecular weight is 416 g/mol. The number of nitrogens with one attached hydrogen (secondary N) is 1. The van der Waals surface area contributed by atoms with Crippen molar-refractivity contribution in [1.82, 2.24) is 5.43 Å². The Hall–Kier alpha value is -3.55. The van der Waals surface area contributed by atoms with Gasteiger partial charge in [0.1, 0.15) is 17.3 Å². The lowest BCUT2D eigenvalue weighted by atomic mass is 10.1. The number of ether oxygens (including phenoxy) is 1. The molecule has 0 aliphatic heterocycles. The van der Waals surface area contributed by atoms with E-state index in [1.54, 1.807) is 0 Å². The molecule has 3 rings (SSSR count). The van der Waals surface area contributed by atoms with Gasteiger partial charge in [-0.2, -0.15) is 18.3 Å². The summed E-state index contributed by atoms with van der Waals surface area (Å²) in [5, 5.41) is 3.77. The molecule has 1 aromatic heterocycles. The van der Waals surface area contributed by atoms with Crippen LogP contribution in [0.2, 0.25) is 0 Å². The van der Waals surface area contributed by atoms with Crippen LogP contribution in [0.4, 0.5) is 13.2 Å². The minimum atomic E-state index is -4.43. The van der Waals surface area contributed by atoms with Crippen molar-refractivity contribution >= 4 is 12.1 Å². The monoisotopic (exact) mass is 416 g/mol. The van der Waals surface area contributed by atoms with Gasteiger partial charge in [0, 0.05) is 5.56 Å². The summed E-state index contributed by atoms with van der Waals surface area (Å²) in [6.45, 7) is 3.65. The molecular formula is C22H19F3N2O3. The van der Waals surface area contributed by atoms with Crippen molar-refractivity contribution in [2.24, 2.45) is 5.10 Å². The fourth-order valence-corrected chi connectivity index (χ4v) is 2.79. The lowest BCUT2D eigenvalue weighted by molar-refractivity contribution is -0.137. The van der Waals surface area contributed by atoms with Crippen molar-refractivity contribution in [3.05, 3.63) is 77.0 Å². The highest BCUT2D eigenvalue weighted by molar-refractivity contribution is 5.81. The second kappa shape index (κ2) is 8.86. The zero-order valence-electron chi connectivity index (χ0n) is 16.3. The summed E-state index contributed by atoms with van der Waals surface area (Å²) in [7, 11) is 0. The first kappa shape index (κ1) is 21.2. The molecule has 0 bridgehead atoms. The number of carbonyl (C=O) groups is 1. The number of hydrazone groups is 1. The number of rotatable bonds is 6. The van der Waals surface area contributed by atoms with E-state index in [9.17, 15) is 18.0 Å². The van der Waals surface area contributed by atoms with Gasteiger partial charge >= 0.3 is 6.18 Å². The maximum absolute atomic E-state index is 12.8. The molecule has 8 heteroatoms. The Labute approximate surface area is 171 Å². The molecule has 0 unspecified atom stereocenters. The average Bonchev–Trinajstić information content (AvgIpc) is 3.14. The Morgan fingerprint density at radius 2 is 1.83 bits per heavy atom. The third-order valence-corrected chi connectivity index (χ3v) is 4.05. The van der Waals surface area contributed by atoms with Crippen molar-refractivity contribution in [3.8, 4) is 17.1 Å². The molecule has 1 amide bonds. The molecule has 0 aliphatic rings. The number of amides is 1. The van der Waals surface area contributed by atoms with Crippen molar-refractivity contribution < 1.29 is 27.1 Å². The summed E-state index contributed by atoms with van der Waals surface area (Å²) < 4.78 is 49.4. The molecule has 0 fully saturated rings. The third-order valence-electron chi connectivity index (χ3n) is 4.05. The quantitative estimate of drug-likeness (QED) is 0.449. The first-order valence-electron chi connectivity index (χ1n) is 9.01. The third kappa shape index (κ3) is 5.73. The van der Waals surface area contributed by atoms with Crippen molar-refractivity contribution in [2.75, 3.05) is 6.61 Å². The van der Waals surface area contributed by atoms with Gasteiger partial charge < -0.3 is 9.15 Å². The van der Waals surface area contributed by atoms with E-state index in [1.165, 1.54) is 30.5 Å². The molecule has 2 aromatic carbocycles. The second-order valence-corrected chi connectivity index (χ2v) is 6.69. The lowest BCUT2D eigenvalue weighted by Gasteiger charge is -2.07. The number of alkyl halides is 3. The summed E-state index contributed by atoms with van der Waals surface area (Å²) in [5.74, 6) is 0.656. The van der Waals surface area contributed by atoms with Gasteiger partial charge in [0.2, 0.25) is 0 Å². The molecule has 0 saturated heterocycles. The van der Waals surface area contributed by atoms with E-state index in [2.05, 4.69) is 10.5 Å². The minimum Gasteiger partial charge on any atom is -0.484 e. The highest BCUT2D eigenvalue weighted by atomic mass is 19.4. The van der Waals surface area contributed by atoms with E-state index in [-0.39, 0.29) is 23.7 Å². The van der Waals surface area contributed by atoms with Crippen LogP contribution in [0.5, 0.6) is 5.75 Å².